The molecule has 0 aliphatic carbocycles. The summed E-state index contributed by atoms with van der Waals surface area (Å²) in [5.41, 5.74) is -0.485. The Balaban J connectivity index is 2.90. The molecule has 1 aromatic rings. The molecular weight excluding hydrogens is 303 g/mol. The van der Waals surface area contributed by atoms with Gasteiger partial charge in [-0.3, -0.25) is 4.79 Å². The monoisotopic (exact) mass is 318 g/mol. The van der Waals surface area contributed by atoms with E-state index in [2.05, 4.69) is 0 Å². The number of hydrogen-bond donors (Lipinski definition) is 1. The Labute approximate surface area is 126 Å². The Hall–Kier alpha value is -1.07. The molecular formula is C14H16ClFO3S. The van der Waals surface area contributed by atoms with Gasteiger partial charge in [-0.15, -0.1) is 0 Å². The van der Waals surface area contributed by atoms with Gasteiger partial charge in [0.15, 0.2) is 5.12 Å². The van der Waals surface area contributed by atoms with Crippen LogP contribution < -0.4 is 0 Å². The van der Waals surface area contributed by atoms with Crippen LogP contribution in [0.1, 0.15) is 37.6 Å². The van der Waals surface area contributed by atoms with Crippen molar-refractivity contribution in [2.24, 2.45) is 11.8 Å². The number of hydrogen-bond acceptors (Lipinski definition) is 3. The first-order valence-corrected chi connectivity index (χ1v) is 7.34. The van der Waals surface area contributed by atoms with Gasteiger partial charge in [0.2, 0.25) is 0 Å². The number of carbonyl (C=O) groups is 2. The Kier molecular flexibility index (Phi) is 6.02. The topological polar surface area (TPSA) is 54.4 Å². The van der Waals surface area contributed by atoms with Crippen molar-refractivity contribution >= 4 is 34.4 Å². The SMILES string of the molecule is CC(C)C(C)CC(=O)Sc1cc(C(=O)O)c(F)cc1Cl. The van der Waals surface area contributed by atoms with E-state index in [4.69, 9.17) is 16.7 Å². The van der Waals surface area contributed by atoms with Crippen molar-refractivity contribution in [1.82, 2.24) is 0 Å². The van der Waals surface area contributed by atoms with Gasteiger partial charge in [0, 0.05) is 11.3 Å². The lowest BCUT2D eigenvalue weighted by atomic mass is 9.95. The van der Waals surface area contributed by atoms with Crippen molar-refractivity contribution in [1.29, 1.82) is 0 Å². The average Bonchev–Trinajstić information content (AvgIpc) is 2.31. The molecule has 110 valence electrons. The minimum atomic E-state index is -1.39. The molecule has 1 unspecified atom stereocenters. The molecule has 0 aliphatic heterocycles. The van der Waals surface area contributed by atoms with Crippen molar-refractivity contribution in [3.63, 3.8) is 0 Å². The molecule has 0 saturated carbocycles. The second-order valence-corrected chi connectivity index (χ2v) is 6.47. The molecule has 1 rings (SSSR count). The molecule has 20 heavy (non-hydrogen) atoms. The summed E-state index contributed by atoms with van der Waals surface area (Å²) in [5, 5.41) is 8.79. The molecule has 0 saturated heterocycles. The van der Waals surface area contributed by atoms with Crippen LogP contribution in [-0.2, 0) is 4.79 Å². The van der Waals surface area contributed by atoms with E-state index in [-0.39, 0.29) is 21.0 Å². The first-order valence-electron chi connectivity index (χ1n) is 6.15. The summed E-state index contributed by atoms with van der Waals surface area (Å²) in [6.07, 6.45) is 0.360. The molecule has 0 amide bonds. The van der Waals surface area contributed by atoms with Crippen molar-refractivity contribution in [3.05, 3.63) is 28.5 Å². The number of halogens is 2. The number of thioether (sulfide) groups is 1. The van der Waals surface area contributed by atoms with E-state index in [1.54, 1.807) is 0 Å². The second kappa shape index (κ2) is 7.09. The summed E-state index contributed by atoms with van der Waals surface area (Å²) >= 11 is 6.70. The normalized spacial score (nSPS) is 12.5. The maximum atomic E-state index is 13.4. The number of carbonyl (C=O) groups excluding carboxylic acids is 1. The van der Waals surface area contributed by atoms with Crippen LogP contribution in [0.2, 0.25) is 5.02 Å². The third kappa shape index (κ3) is 4.49. The van der Waals surface area contributed by atoms with E-state index in [9.17, 15) is 14.0 Å². The van der Waals surface area contributed by atoms with E-state index in [1.807, 2.05) is 20.8 Å². The van der Waals surface area contributed by atoms with E-state index >= 15 is 0 Å². The van der Waals surface area contributed by atoms with Crippen molar-refractivity contribution in [2.45, 2.75) is 32.1 Å². The van der Waals surface area contributed by atoms with Crippen LogP contribution in [0.25, 0.3) is 0 Å². The van der Waals surface area contributed by atoms with Gasteiger partial charge in [0.1, 0.15) is 5.82 Å². The molecule has 1 aromatic carbocycles. The first-order chi connectivity index (χ1) is 9.22. The number of benzene rings is 1. The van der Waals surface area contributed by atoms with Gasteiger partial charge >= 0.3 is 5.97 Å². The number of rotatable bonds is 5. The van der Waals surface area contributed by atoms with Crippen LogP contribution >= 0.6 is 23.4 Å². The summed E-state index contributed by atoms with van der Waals surface area (Å²) in [6, 6.07) is 2.02. The summed E-state index contributed by atoms with van der Waals surface area (Å²) in [5.74, 6) is -1.70. The van der Waals surface area contributed by atoms with E-state index in [1.165, 1.54) is 0 Å². The Morgan fingerprint density at radius 3 is 2.45 bits per heavy atom. The van der Waals surface area contributed by atoms with Crippen molar-refractivity contribution in [2.75, 3.05) is 0 Å². The molecule has 0 fully saturated rings. The Bertz CT molecular complexity index is 531. The quantitative estimate of drug-likeness (QED) is 0.813. The van der Waals surface area contributed by atoms with Gasteiger partial charge in [-0.1, -0.05) is 44.1 Å². The van der Waals surface area contributed by atoms with Gasteiger partial charge < -0.3 is 5.11 Å². The number of carboxylic acid groups (broad SMARTS) is 1. The predicted octanol–water partition coefficient (Wildman–Crippen LogP) is 4.48. The van der Waals surface area contributed by atoms with Gasteiger partial charge in [-0.05, 0) is 24.0 Å². The average molecular weight is 319 g/mol. The van der Waals surface area contributed by atoms with Gasteiger partial charge in [-0.2, -0.15) is 0 Å². The van der Waals surface area contributed by atoms with Crippen LogP contribution in [0.4, 0.5) is 4.39 Å². The lowest BCUT2D eigenvalue weighted by Gasteiger charge is -2.14. The third-order valence-corrected chi connectivity index (χ3v) is 4.48. The van der Waals surface area contributed by atoms with E-state index in [0.717, 1.165) is 23.9 Å². The predicted molar refractivity (Wildman–Crippen MR) is 77.9 cm³/mol. The van der Waals surface area contributed by atoms with Gasteiger partial charge in [-0.25, -0.2) is 9.18 Å². The highest BCUT2D eigenvalue weighted by Crippen LogP contribution is 2.32. The van der Waals surface area contributed by atoms with Crippen LogP contribution in [0.3, 0.4) is 0 Å². The molecule has 0 radical (unpaired) electrons. The summed E-state index contributed by atoms with van der Waals surface area (Å²) < 4.78 is 13.4. The molecule has 3 nitrogen and oxygen atoms in total. The standard InChI is InChI=1S/C14H16ClFO3S/c1-7(2)8(3)4-13(17)20-12-5-9(14(18)19)11(16)6-10(12)15/h5-8H,4H2,1-3H3,(H,18,19). The van der Waals surface area contributed by atoms with E-state index in [0.29, 0.717) is 12.3 Å². The zero-order valence-electron chi connectivity index (χ0n) is 11.4. The molecule has 0 aliphatic rings. The highest BCUT2D eigenvalue weighted by atomic mass is 35.5. The second-order valence-electron chi connectivity index (χ2n) is 4.97. The first kappa shape index (κ1) is 17.0. The molecule has 1 N–H and O–H groups in total. The number of carboxylic acids is 1. The Morgan fingerprint density at radius 2 is 1.95 bits per heavy atom. The molecule has 0 heterocycles. The van der Waals surface area contributed by atoms with Crippen molar-refractivity contribution < 1.29 is 19.1 Å². The fourth-order valence-electron chi connectivity index (χ4n) is 1.43. The fourth-order valence-corrected chi connectivity index (χ4v) is 2.62. The summed E-state index contributed by atoms with van der Waals surface area (Å²) in [7, 11) is 0. The van der Waals surface area contributed by atoms with Crippen LogP contribution in [0.15, 0.2) is 17.0 Å². The van der Waals surface area contributed by atoms with Crippen molar-refractivity contribution in [3.8, 4) is 0 Å². The zero-order valence-corrected chi connectivity index (χ0v) is 13.0. The molecule has 6 heteroatoms. The zero-order chi connectivity index (χ0) is 15.4. The summed E-state index contributed by atoms with van der Waals surface area (Å²) in [4.78, 5) is 23.0. The third-order valence-electron chi connectivity index (χ3n) is 3.10. The highest BCUT2D eigenvalue weighted by molar-refractivity contribution is 8.13. The molecule has 0 bridgehead atoms. The van der Waals surface area contributed by atoms with Crippen LogP contribution in [0.5, 0.6) is 0 Å². The fraction of sp³-hybridized carbons (Fsp3) is 0.429. The molecule has 1 atom stereocenters. The molecule has 0 aromatic heterocycles. The highest BCUT2D eigenvalue weighted by Gasteiger charge is 2.18. The molecule has 0 spiro atoms. The number of aromatic carboxylic acids is 1. The maximum absolute atomic E-state index is 13.4. The van der Waals surface area contributed by atoms with Crippen LogP contribution in [0, 0.1) is 17.7 Å². The maximum Gasteiger partial charge on any atom is 0.338 e. The van der Waals surface area contributed by atoms with Gasteiger partial charge in [0.05, 0.1) is 10.6 Å². The lowest BCUT2D eigenvalue weighted by molar-refractivity contribution is -0.111. The minimum absolute atomic E-state index is 0.0445. The van der Waals surface area contributed by atoms with Gasteiger partial charge in [0.25, 0.3) is 0 Å². The summed E-state index contributed by atoms with van der Waals surface area (Å²) in [6.45, 7) is 6.02. The van der Waals surface area contributed by atoms with Crippen LogP contribution in [-0.4, -0.2) is 16.2 Å². The smallest absolute Gasteiger partial charge is 0.338 e. The largest absolute Gasteiger partial charge is 0.478 e. The lowest BCUT2D eigenvalue weighted by Crippen LogP contribution is -2.08. The van der Waals surface area contributed by atoms with E-state index < -0.39 is 17.3 Å². The minimum Gasteiger partial charge on any atom is -0.478 e. The Morgan fingerprint density at radius 1 is 1.35 bits per heavy atom.